The summed E-state index contributed by atoms with van der Waals surface area (Å²) >= 11 is 0. The summed E-state index contributed by atoms with van der Waals surface area (Å²) in [6.07, 6.45) is 0.320. The number of carbonyl (C=O) groups excluding carboxylic acids is 1. The van der Waals surface area contributed by atoms with Gasteiger partial charge in [0.25, 0.3) is 0 Å². The molecule has 1 fully saturated rings. The number of hydrazone groups is 1. The highest BCUT2D eigenvalue weighted by atomic mass is 19.1. The highest BCUT2D eigenvalue weighted by molar-refractivity contribution is 6.03. The summed E-state index contributed by atoms with van der Waals surface area (Å²) in [6, 6.07) is 12.1. The molecule has 2 aliphatic rings. The Labute approximate surface area is 155 Å². The van der Waals surface area contributed by atoms with E-state index < -0.39 is 11.6 Å². The molecule has 0 aromatic heterocycles. The molecule has 5 nitrogen and oxygen atoms in total. The second-order valence-corrected chi connectivity index (χ2v) is 6.53. The molecule has 0 radical (unpaired) electrons. The molecule has 2 amide bonds. The summed E-state index contributed by atoms with van der Waals surface area (Å²) in [7, 11) is 0. The Morgan fingerprint density at radius 2 is 1.81 bits per heavy atom. The number of carbonyl (C=O) groups is 1. The largest absolute Gasteiger partial charge is 0.378 e. The van der Waals surface area contributed by atoms with Gasteiger partial charge >= 0.3 is 6.03 Å². The standard InChI is InChI=1S/C20H19F2N3O2/c21-15-6-7-17(22)16(12-15)18-13-19(14-4-2-1-3-5-14)25(23-18)20(26)24-8-10-27-11-9-24/h1-7,12,19H,8-11,13H2. The Kier molecular flexibility index (Phi) is 4.85. The third-order valence-corrected chi connectivity index (χ3v) is 4.81. The minimum Gasteiger partial charge on any atom is -0.378 e. The van der Waals surface area contributed by atoms with E-state index in [9.17, 15) is 13.6 Å². The predicted octanol–water partition coefficient (Wildman–Crippen LogP) is 3.57. The number of nitrogens with zero attached hydrogens (tertiary/aromatic N) is 3. The van der Waals surface area contributed by atoms with Gasteiger partial charge in [-0.3, -0.25) is 0 Å². The Morgan fingerprint density at radius 3 is 2.56 bits per heavy atom. The molecule has 2 aromatic carbocycles. The van der Waals surface area contributed by atoms with Gasteiger partial charge in [-0.1, -0.05) is 30.3 Å². The lowest BCUT2D eigenvalue weighted by atomic mass is 9.98. The normalized spacial score (nSPS) is 19.9. The third-order valence-electron chi connectivity index (χ3n) is 4.81. The Morgan fingerprint density at radius 1 is 1.07 bits per heavy atom. The fraction of sp³-hybridized carbons (Fsp3) is 0.300. The minimum absolute atomic E-state index is 0.0909. The smallest absolute Gasteiger partial charge is 0.341 e. The number of amides is 2. The van der Waals surface area contributed by atoms with Crippen molar-refractivity contribution in [1.82, 2.24) is 9.91 Å². The van der Waals surface area contributed by atoms with Crippen LogP contribution in [0, 0.1) is 11.6 Å². The summed E-state index contributed by atoms with van der Waals surface area (Å²) in [5.74, 6) is -1.09. The minimum atomic E-state index is -0.553. The number of ether oxygens (including phenoxy) is 1. The molecular formula is C20H19F2N3O2. The van der Waals surface area contributed by atoms with Crippen molar-refractivity contribution in [3.63, 3.8) is 0 Å². The van der Waals surface area contributed by atoms with Crippen molar-refractivity contribution < 1.29 is 18.3 Å². The molecule has 0 aliphatic carbocycles. The van der Waals surface area contributed by atoms with Crippen LogP contribution in [0.5, 0.6) is 0 Å². The number of morpholine rings is 1. The maximum absolute atomic E-state index is 14.3. The Balaban J connectivity index is 1.69. The third kappa shape index (κ3) is 3.55. The summed E-state index contributed by atoms with van der Waals surface area (Å²) < 4.78 is 33.2. The van der Waals surface area contributed by atoms with E-state index in [0.717, 1.165) is 23.8 Å². The first kappa shape index (κ1) is 17.6. The molecule has 27 heavy (non-hydrogen) atoms. The highest BCUT2D eigenvalue weighted by Gasteiger charge is 2.36. The van der Waals surface area contributed by atoms with Crippen molar-refractivity contribution in [2.75, 3.05) is 26.3 Å². The van der Waals surface area contributed by atoms with Crippen LogP contribution in [0.2, 0.25) is 0 Å². The van der Waals surface area contributed by atoms with Gasteiger partial charge in [0, 0.05) is 25.1 Å². The predicted molar refractivity (Wildman–Crippen MR) is 96.3 cm³/mol. The van der Waals surface area contributed by atoms with Crippen LogP contribution in [-0.2, 0) is 4.74 Å². The van der Waals surface area contributed by atoms with E-state index in [4.69, 9.17) is 4.74 Å². The van der Waals surface area contributed by atoms with E-state index in [1.54, 1.807) is 4.90 Å². The van der Waals surface area contributed by atoms with Crippen LogP contribution in [0.25, 0.3) is 0 Å². The zero-order valence-corrected chi connectivity index (χ0v) is 14.6. The van der Waals surface area contributed by atoms with Gasteiger partial charge in [0.15, 0.2) is 0 Å². The molecule has 0 spiro atoms. The lowest BCUT2D eigenvalue weighted by Crippen LogP contribution is -2.46. The summed E-state index contributed by atoms with van der Waals surface area (Å²) in [6.45, 7) is 1.92. The van der Waals surface area contributed by atoms with Crippen LogP contribution in [0.3, 0.4) is 0 Å². The van der Waals surface area contributed by atoms with Crippen molar-refractivity contribution in [3.05, 3.63) is 71.3 Å². The first-order chi connectivity index (χ1) is 13.1. The number of hydrogen-bond acceptors (Lipinski definition) is 3. The number of benzene rings is 2. The van der Waals surface area contributed by atoms with Gasteiger partial charge in [-0.15, -0.1) is 0 Å². The van der Waals surface area contributed by atoms with Crippen molar-refractivity contribution in [2.45, 2.75) is 12.5 Å². The average Bonchev–Trinajstić information content (AvgIpc) is 3.16. The van der Waals surface area contributed by atoms with Gasteiger partial charge < -0.3 is 9.64 Å². The monoisotopic (exact) mass is 371 g/mol. The molecule has 1 unspecified atom stereocenters. The van der Waals surface area contributed by atoms with Gasteiger partial charge in [0.05, 0.1) is 25.0 Å². The second kappa shape index (κ2) is 7.44. The average molecular weight is 371 g/mol. The fourth-order valence-corrected chi connectivity index (χ4v) is 3.40. The lowest BCUT2D eigenvalue weighted by molar-refractivity contribution is 0.0408. The Bertz CT molecular complexity index is 867. The molecule has 2 aliphatic heterocycles. The van der Waals surface area contributed by atoms with Gasteiger partial charge in [0.2, 0.25) is 0 Å². The summed E-state index contributed by atoms with van der Waals surface area (Å²) in [5.41, 5.74) is 1.35. The fourth-order valence-electron chi connectivity index (χ4n) is 3.40. The van der Waals surface area contributed by atoms with Crippen LogP contribution in [0.15, 0.2) is 53.6 Å². The topological polar surface area (TPSA) is 45.1 Å². The molecular weight excluding hydrogens is 352 g/mol. The number of rotatable bonds is 2. The molecule has 2 aromatic rings. The van der Waals surface area contributed by atoms with E-state index in [-0.39, 0.29) is 17.6 Å². The van der Waals surface area contributed by atoms with Crippen molar-refractivity contribution in [1.29, 1.82) is 0 Å². The van der Waals surface area contributed by atoms with E-state index in [0.29, 0.717) is 38.4 Å². The molecule has 0 saturated carbocycles. The molecule has 0 bridgehead atoms. The van der Waals surface area contributed by atoms with Gasteiger partial charge in [-0.2, -0.15) is 5.10 Å². The van der Waals surface area contributed by atoms with Crippen LogP contribution >= 0.6 is 0 Å². The van der Waals surface area contributed by atoms with Crippen LogP contribution in [0.1, 0.15) is 23.6 Å². The zero-order chi connectivity index (χ0) is 18.8. The quantitative estimate of drug-likeness (QED) is 0.810. The summed E-state index contributed by atoms with van der Waals surface area (Å²) in [4.78, 5) is 14.7. The SMILES string of the molecule is O=C(N1CCOCC1)N1N=C(c2cc(F)ccc2F)CC1c1ccccc1. The molecule has 7 heteroatoms. The molecule has 1 atom stereocenters. The maximum Gasteiger partial charge on any atom is 0.341 e. The summed E-state index contributed by atoms with van der Waals surface area (Å²) in [5, 5.41) is 5.79. The van der Waals surface area contributed by atoms with E-state index in [1.807, 2.05) is 30.3 Å². The molecule has 1 saturated heterocycles. The maximum atomic E-state index is 14.3. The van der Waals surface area contributed by atoms with E-state index >= 15 is 0 Å². The lowest BCUT2D eigenvalue weighted by Gasteiger charge is -2.32. The number of hydrogen-bond donors (Lipinski definition) is 0. The van der Waals surface area contributed by atoms with Crippen LogP contribution in [0.4, 0.5) is 13.6 Å². The number of urea groups is 1. The second-order valence-electron chi connectivity index (χ2n) is 6.53. The first-order valence-corrected chi connectivity index (χ1v) is 8.87. The van der Waals surface area contributed by atoms with Crippen LogP contribution < -0.4 is 0 Å². The number of halogens is 2. The van der Waals surface area contributed by atoms with Crippen molar-refractivity contribution in [3.8, 4) is 0 Å². The highest BCUT2D eigenvalue weighted by Crippen LogP contribution is 2.34. The first-order valence-electron chi connectivity index (χ1n) is 8.87. The molecule has 4 rings (SSSR count). The Hall–Kier alpha value is -2.80. The molecule has 140 valence electrons. The van der Waals surface area contributed by atoms with Crippen LogP contribution in [-0.4, -0.2) is 48.0 Å². The van der Waals surface area contributed by atoms with Gasteiger partial charge in [-0.25, -0.2) is 18.6 Å². The molecule has 2 heterocycles. The van der Waals surface area contributed by atoms with Crippen molar-refractivity contribution >= 4 is 11.7 Å². The van der Waals surface area contributed by atoms with Crippen molar-refractivity contribution in [2.24, 2.45) is 5.10 Å². The molecule has 0 N–H and O–H groups in total. The van der Waals surface area contributed by atoms with Gasteiger partial charge in [0.1, 0.15) is 11.6 Å². The van der Waals surface area contributed by atoms with E-state index in [1.165, 1.54) is 5.01 Å². The zero-order valence-electron chi connectivity index (χ0n) is 14.6. The van der Waals surface area contributed by atoms with Gasteiger partial charge in [-0.05, 0) is 23.8 Å². The van der Waals surface area contributed by atoms with E-state index in [2.05, 4.69) is 5.10 Å².